The van der Waals surface area contributed by atoms with Crippen LogP contribution in [0.4, 0.5) is 0 Å². The number of rotatable bonds is 6. The normalized spacial score (nSPS) is 12.7. The monoisotopic (exact) mass is 227 g/mol. The SMILES string of the molecule is CCCCC(C)SSc1ccccn1. The zero-order valence-electron chi connectivity index (χ0n) is 8.77. The van der Waals surface area contributed by atoms with Gasteiger partial charge in [-0.05, 0) is 29.3 Å². The van der Waals surface area contributed by atoms with E-state index in [0.717, 1.165) is 10.3 Å². The third-order valence-electron chi connectivity index (χ3n) is 1.90. The lowest BCUT2D eigenvalue weighted by molar-refractivity contribution is 0.715. The molecule has 0 saturated heterocycles. The summed E-state index contributed by atoms with van der Waals surface area (Å²) in [6, 6.07) is 6.05. The Hall–Kier alpha value is -0.150. The van der Waals surface area contributed by atoms with Gasteiger partial charge in [-0.3, -0.25) is 0 Å². The third-order valence-corrected chi connectivity index (χ3v) is 4.76. The van der Waals surface area contributed by atoms with Gasteiger partial charge in [-0.2, -0.15) is 0 Å². The molecule has 1 rings (SSSR count). The lowest BCUT2D eigenvalue weighted by Crippen LogP contribution is -1.92. The van der Waals surface area contributed by atoms with Crippen molar-refractivity contribution in [1.29, 1.82) is 0 Å². The van der Waals surface area contributed by atoms with Crippen molar-refractivity contribution < 1.29 is 0 Å². The smallest absolute Gasteiger partial charge is 0.106 e. The summed E-state index contributed by atoms with van der Waals surface area (Å²) in [7, 11) is 3.71. The molecule has 1 unspecified atom stereocenters. The summed E-state index contributed by atoms with van der Waals surface area (Å²) in [5.41, 5.74) is 0. The third kappa shape index (κ3) is 4.91. The molecule has 0 spiro atoms. The molecule has 3 heteroatoms. The fraction of sp³-hybridized carbons (Fsp3) is 0.545. The zero-order valence-corrected chi connectivity index (χ0v) is 10.4. The molecular weight excluding hydrogens is 210 g/mol. The molecule has 78 valence electrons. The first-order valence-corrected chi connectivity index (χ1v) is 7.28. The maximum Gasteiger partial charge on any atom is 0.106 e. The topological polar surface area (TPSA) is 12.9 Å². The van der Waals surface area contributed by atoms with Crippen LogP contribution >= 0.6 is 21.6 Å². The summed E-state index contributed by atoms with van der Waals surface area (Å²) >= 11 is 0. The molecule has 0 bridgehead atoms. The number of pyridine rings is 1. The Morgan fingerprint density at radius 2 is 2.29 bits per heavy atom. The highest BCUT2D eigenvalue weighted by Gasteiger charge is 2.03. The maximum absolute atomic E-state index is 4.27. The molecule has 0 aliphatic heterocycles. The minimum atomic E-state index is 0.724. The number of aromatic nitrogens is 1. The van der Waals surface area contributed by atoms with E-state index < -0.39 is 0 Å². The van der Waals surface area contributed by atoms with Gasteiger partial charge < -0.3 is 0 Å². The molecule has 1 nitrogen and oxygen atoms in total. The summed E-state index contributed by atoms with van der Waals surface area (Å²) in [5, 5.41) is 1.84. The molecule has 0 aromatic carbocycles. The minimum absolute atomic E-state index is 0.724. The Labute approximate surface area is 94.5 Å². The van der Waals surface area contributed by atoms with Crippen LogP contribution in [0.5, 0.6) is 0 Å². The lowest BCUT2D eigenvalue weighted by atomic mass is 10.2. The van der Waals surface area contributed by atoms with E-state index in [4.69, 9.17) is 0 Å². The minimum Gasteiger partial charge on any atom is -0.249 e. The van der Waals surface area contributed by atoms with E-state index in [-0.39, 0.29) is 0 Å². The van der Waals surface area contributed by atoms with Crippen LogP contribution in [0, 0.1) is 0 Å². The van der Waals surface area contributed by atoms with E-state index >= 15 is 0 Å². The van der Waals surface area contributed by atoms with Crippen molar-refractivity contribution in [3.63, 3.8) is 0 Å². The van der Waals surface area contributed by atoms with E-state index in [1.165, 1.54) is 19.3 Å². The fourth-order valence-corrected chi connectivity index (χ4v) is 3.20. The van der Waals surface area contributed by atoms with Gasteiger partial charge in [-0.25, -0.2) is 4.98 Å². The van der Waals surface area contributed by atoms with Gasteiger partial charge in [-0.15, -0.1) is 0 Å². The second-order valence-corrected chi connectivity index (χ2v) is 5.96. The highest BCUT2D eigenvalue weighted by molar-refractivity contribution is 8.76. The molecule has 14 heavy (non-hydrogen) atoms. The Morgan fingerprint density at radius 3 is 2.93 bits per heavy atom. The molecule has 0 aliphatic rings. The van der Waals surface area contributed by atoms with E-state index in [9.17, 15) is 0 Å². The quantitative estimate of drug-likeness (QED) is 0.669. The molecule has 1 heterocycles. The number of nitrogens with zero attached hydrogens (tertiary/aromatic N) is 1. The Kier molecular flexibility index (Phi) is 6.12. The van der Waals surface area contributed by atoms with Crippen LogP contribution in [-0.2, 0) is 0 Å². The molecule has 1 aromatic rings. The van der Waals surface area contributed by atoms with Gasteiger partial charge in [0.05, 0.1) is 0 Å². The van der Waals surface area contributed by atoms with Crippen LogP contribution in [0.2, 0.25) is 0 Å². The number of hydrogen-bond donors (Lipinski definition) is 0. The largest absolute Gasteiger partial charge is 0.249 e. The van der Waals surface area contributed by atoms with E-state index in [0.29, 0.717) is 0 Å². The van der Waals surface area contributed by atoms with Gasteiger partial charge in [0.25, 0.3) is 0 Å². The number of unbranched alkanes of at least 4 members (excludes halogenated alkanes) is 1. The van der Waals surface area contributed by atoms with Gasteiger partial charge in [0.15, 0.2) is 0 Å². The first-order valence-electron chi connectivity index (χ1n) is 5.07. The molecule has 0 aliphatic carbocycles. The number of hydrogen-bond acceptors (Lipinski definition) is 3. The van der Waals surface area contributed by atoms with Crippen molar-refractivity contribution in [2.75, 3.05) is 0 Å². The fourth-order valence-electron chi connectivity index (χ4n) is 1.07. The highest BCUT2D eigenvalue weighted by atomic mass is 33.1. The van der Waals surface area contributed by atoms with Crippen LogP contribution in [0.25, 0.3) is 0 Å². The van der Waals surface area contributed by atoms with E-state index in [1.54, 1.807) is 10.8 Å². The van der Waals surface area contributed by atoms with Gasteiger partial charge in [0.2, 0.25) is 0 Å². The molecule has 1 aromatic heterocycles. The van der Waals surface area contributed by atoms with Crippen molar-refractivity contribution >= 4 is 21.6 Å². The standard InChI is InChI=1S/C11H17NS2/c1-3-4-7-10(2)13-14-11-8-5-6-9-12-11/h5-6,8-10H,3-4,7H2,1-2H3. The van der Waals surface area contributed by atoms with Crippen LogP contribution in [0.3, 0.4) is 0 Å². The highest BCUT2D eigenvalue weighted by Crippen LogP contribution is 2.34. The van der Waals surface area contributed by atoms with E-state index in [2.05, 4.69) is 24.9 Å². The molecule has 1 atom stereocenters. The average Bonchev–Trinajstić information content (AvgIpc) is 2.25. The second-order valence-electron chi connectivity index (χ2n) is 3.30. The van der Waals surface area contributed by atoms with Gasteiger partial charge in [0.1, 0.15) is 5.03 Å². The predicted molar refractivity (Wildman–Crippen MR) is 66.7 cm³/mol. The summed E-state index contributed by atoms with van der Waals surface area (Å²) < 4.78 is 0. The van der Waals surface area contributed by atoms with Crippen molar-refractivity contribution in [3.8, 4) is 0 Å². The molecular formula is C11H17NS2. The molecule has 0 amide bonds. The maximum atomic E-state index is 4.27. The van der Waals surface area contributed by atoms with Crippen LogP contribution in [0.1, 0.15) is 33.1 Å². The van der Waals surface area contributed by atoms with Gasteiger partial charge in [-0.1, -0.05) is 43.5 Å². The van der Waals surface area contributed by atoms with Crippen molar-refractivity contribution in [3.05, 3.63) is 24.4 Å². The zero-order chi connectivity index (χ0) is 10.2. The first-order chi connectivity index (χ1) is 6.83. The molecule has 0 N–H and O–H groups in total. The molecule has 0 saturated carbocycles. The van der Waals surface area contributed by atoms with Crippen LogP contribution in [-0.4, -0.2) is 10.2 Å². The average molecular weight is 227 g/mol. The second kappa shape index (κ2) is 7.18. The summed E-state index contributed by atoms with van der Waals surface area (Å²) in [5.74, 6) is 0. The van der Waals surface area contributed by atoms with Crippen molar-refractivity contribution in [1.82, 2.24) is 4.98 Å². The Morgan fingerprint density at radius 1 is 1.43 bits per heavy atom. The first kappa shape index (κ1) is 11.9. The van der Waals surface area contributed by atoms with Crippen molar-refractivity contribution in [2.45, 2.75) is 43.4 Å². The Balaban J connectivity index is 2.20. The summed E-state index contributed by atoms with van der Waals surface area (Å²) in [4.78, 5) is 4.27. The van der Waals surface area contributed by atoms with E-state index in [1.807, 2.05) is 29.1 Å². The molecule has 0 radical (unpaired) electrons. The lowest BCUT2D eigenvalue weighted by Gasteiger charge is -2.08. The summed E-state index contributed by atoms with van der Waals surface area (Å²) in [6.07, 6.45) is 5.77. The predicted octanol–water partition coefficient (Wildman–Crippen LogP) is 4.40. The van der Waals surface area contributed by atoms with Crippen LogP contribution < -0.4 is 0 Å². The van der Waals surface area contributed by atoms with Crippen LogP contribution in [0.15, 0.2) is 29.4 Å². The molecule has 0 fully saturated rings. The summed E-state index contributed by atoms with van der Waals surface area (Å²) in [6.45, 7) is 4.53. The Bertz CT molecular complexity index is 238. The van der Waals surface area contributed by atoms with Gasteiger partial charge >= 0.3 is 0 Å². The van der Waals surface area contributed by atoms with Crippen molar-refractivity contribution in [2.24, 2.45) is 0 Å². The van der Waals surface area contributed by atoms with Gasteiger partial charge in [0, 0.05) is 11.4 Å².